The van der Waals surface area contributed by atoms with Gasteiger partial charge in [-0.3, -0.25) is 9.69 Å². The lowest BCUT2D eigenvalue weighted by Gasteiger charge is -2.20. The van der Waals surface area contributed by atoms with Gasteiger partial charge in [0.25, 0.3) is 0 Å². The van der Waals surface area contributed by atoms with Crippen LogP contribution >= 0.6 is 0 Å². The first-order valence-corrected chi connectivity index (χ1v) is 51.3. The predicted molar refractivity (Wildman–Crippen MR) is 630 cm³/mol. The number of nitrogens with zero attached hydrogens (tertiary/aromatic N) is 12. The van der Waals surface area contributed by atoms with Crippen molar-refractivity contribution >= 4 is 159 Å². The Morgan fingerprint density at radius 3 is 0.767 bits per heavy atom. The van der Waals surface area contributed by atoms with Crippen molar-refractivity contribution < 1.29 is 0 Å². The Kier molecular flexibility index (Phi) is 23.4. The molecule has 0 fully saturated rings. The molecule has 0 unspecified atom stereocenters. The maximum Gasteiger partial charge on any atom is 0.196 e. The smallest absolute Gasteiger partial charge is 0.196 e. The molecule has 24 rings (SSSR count). The molecule has 0 spiro atoms. The fraction of sp³-hybridized carbons (Fsp3) is 0.174. The molecule has 6 heterocycles. The van der Waals surface area contributed by atoms with Gasteiger partial charge < -0.3 is 27.4 Å². The van der Waals surface area contributed by atoms with Crippen LogP contribution in [0, 0.1) is 44.2 Å². The third-order valence-electron chi connectivity index (χ3n) is 30.2. The molecule has 0 N–H and O–H groups in total. The molecule has 0 aliphatic carbocycles. The van der Waals surface area contributed by atoms with Crippen LogP contribution in [0.15, 0.2) is 364 Å². The molecule has 18 aromatic carbocycles. The molecule has 12 heteroatoms. The van der Waals surface area contributed by atoms with Crippen molar-refractivity contribution in [2.75, 3.05) is 0 Å². The molecule has 6 aromatic heterocycles. The Balaban J connectivity index is 0.000000127. The molecule has 0 amide bonds. The van der Waals surface area contributed by atoms with Gasteiger partial charge in [0, 0.05) is 110 Å². The van der Waals surface area contributed by atoms with Crippen molar-refractivity contribution in [3.05, 3.63) is 460 Å². The molecular formula is C138H114N12. The minimum Gasteiger partial charge on any atom is -0.309 e. The van der Waals surface area contributed by atoms with Crippen LogP contribution in [0.2, 0.25) is 0 Å². The van der Waals surface area contributed by atoms with Crippen molar-refractivity contribution in [2.24, 2.45) is 0 Å². The lowest BCUT2D eigenvalue weighted by Crippen LogP contribution is -2.10. The van der Waals surface area contributed by atoms with Gasteiger partial charge in [-0.1, -0.05) is 319 Å². The summed E-state index contributed by atoms with van der Waals surface area (Å²) in [6, 6.07) is 131. The largest absolute Gasteiger partial charge is 0.309 e. The maximum atomic E-state index is 10.6. The number of nitriles is 1. The highest BCUT2D eigenvalue weighted by Crippen LogP contribution is 2.54. The van der Waals surface area contributed by atoms with Crippen molar-refractivity contribution in [1.29, 1.82) is 5.26 Å². The zero-order valence-electron chi connectivity index (χ0n) is 88.0. The summed E-state index contributed by atoms with van der Waals surface area (Å²) in [5.74, 6) is 0. The summed E-state index contributed by atoms with van der Waals surface area (Å²) < 4.78 is 14.1. The summed E-state index contributed by atoms with van der Waals surface area (Å²) in [4.78, 5) is 19.1. The van der Waals surface area contributed by atoms with E-state index in [0.29, 0.717) is 39.6 Å². The molecule has 0 aliphatic heterocycles. The predicted octanol–water partition coefficient (Wildman–Crippen LogP) is 39.1. The van der Waals surface area contributed by atoms with Gasteiger partial charge in [0.2, 0.25) is 0 Å². The van der Waals surface area contributed by atoms with Crippen molar-refractivity contribution in [3.63, 3.8) is 0 Å². The molecule has 0 bridgehead atoms. The highest BCUT2D eigenvalue weighted by atomic mass is 15.0. The number of fused-ring (bicyclic) bond motifs is 18. The molecule has 0 saturated carbocycles. The fourth-order valence-electron chi connectivity index (χ4n) is 22.5. The van der Waals surface area contributed by atoms with E-state index in [-0.39, 0.29) is 32.5 Å². The number of hydrogen-bond acceptors (Lipinski definition) is 1. The number of para-hydroxylation sites is 6. The summed E-state index contributed by atoms with van der Waals surface area (Å²) in [6.07, 6.45) is 0. The standard InChI is InChI=1S/3C46H38N4/c1-45(2,3)30-19-22-39-34(27-30)35-28-31(46(4,5)6)20-23-40(35)50(39)41-24-25-42-44(43(41)29-18-21-36(47-7)37(26-29)48-8)33-16-12-13-17-38(33)49(42)32-14-10-9-11-15-32;1-45(2,3)30-18-20-39-36(26-30)37-27-31(46(4,5)6)19-21-40(37)50(39)41-22-23-42-44(43(41)29-24-32(47-7)28-33(25-29)48-8)35-16-12-13-17-38(35)49(42)34-14-10-9-11-15-34;1-45(2,3)30-20-22-38-34(26-30)35-27-31(46(4,5)6)21-23-39(35)50(38)41-25-24-40-43(44(41)42-29(28-47)14-13-18-36(42)48-7)33-17-11-12-19-37(33)49(40)32-15-9-8-10-16-32/h2*9-28H,1-6H3;8-27H,1-6H3. The first-order chi connectivity index (χ1) is 72.0. The molecule has 12 nitrogen and oxygen atoms in total. The second kappa shape index (κ2) is 36.4. The zero-order valence-corrected chi connectivity index (χ0v) is 88.0. The van der Waals surface area contributed by atoms with Crippen molar-refractivity contribution in [1.82, 2.24) is 27.4 Å². The topological polar surface area (TPSA) is 75.2 Å². The van der Waals surface area contributed by atoms with Gasteiger partial charge in [-0.2, -0.15) is 5.26 Å². The number of benzene rings is 18. The molecule has 0 atom stereocenters. The van der Waals surface area contributed by atoms with Crippen LogP contribution in [-0.4, -0.2) is 27.4 Å². The minimum absolute atomic E-state index is 0.00556. The van der Waals surface area contributed by atoms with Crippen LogP contribution in [0.5, 0.6) is 0 Å². The van der Waals surface area contributed by atoms with Gasteiger partial charge in [-0.05, 0) is 247 Å². The van der Waals surface area contributed by atoms with Crippen LogP contribution < -0.4 is 0 Å². The first kappa shape index (κ1) is 96.5. The highest BCUT2D eigenvalue weighted by Gasteiger charge is 2.33. The van der Waals surface area contributed by atoms with Gasteiger partial charge >= 0.3 is 0 Å². The Hall–Kier alpha value is -18.3. The van der Waals surface area contributed by atoms with Gasteiger partial charge in [-0.25, -0.2) is 14.5 Å². The van der Waals surface area contributed by atoms with Crippen LogP contribution in [-0.2, 0) is 32.5 Å². The SMILES string of the molecule is [C-]#[N+]c1cc([N+]#[C-])cc(-c2c(-n3c4ccc(C(C)(C)C)cc4c4cc(C(C)(C)C)ccc43)ccc3c2c2ccccc2n3-c2ccccc2)c1.[C-]#[N+]c1ccc(-c2c(-n3c4ccc(C(C)(C)C)cc4c4cc(C(C)(C)C)ccc43)ccc3c2c2ccccc2n3-c2ccccc2)cc1[N+]#[C-].[C-]#[N+]c1cccc(C#N)c1-c1c(-n2c3ccc(C(C)(C)C)cc3c3cc(C(C)(C)C)ccc32)ccc2c1c1ccccc1n2-c1ccccc1. The van der Waals surface area contributed by atoms with Crippen LogP contribution in [0.25, 0.3) is 223 Å². The Morgan fingerprint density at radius 1 is 0.200 bits per heavy atom. The van der Waals surface area contributed by atoms with Crippen LogP contribution in [0.1, 0.15) is 164 Å². The van der Waals surface area contributed by atoms with Gasteiger partial charge in [0.15, 0.2) is 28.4 Å². The summed E-state index contributed by atoms with van der Waals surface area (Å²) in [5, 5.41) is 24.4. The summed E-state index contributed by atoms with van der Waals surface area (Å²) in [5.41, 5.74) is 34.9. The Bertz CT molecular complexity index is 9730. The van der Waals surface area contributed by atoms with E-state index in [1.54, 1.807) is 12.1 Å². The second-order valence-electron chi connectivity index (χ2n) is 45.8. The van der Waals surface area contributed by atoms with Crippen LogP contribution in [0.4, 0.5) is 28.4 Å². The third-order valence-corrected chi connectivity index (χ3v) is 30.2. The van der Waals surface area contributed by atoms with Gasteiger partial charge in [0.05, 0.1) is 122 Å². The van der Waals surface area contributed by atoms with E-state index in [4.69, 9.17) is 32.9 Å². The third kappa shape index (κ3) is 16.3. The molecule has 24 aromatic rings. The lowest BCUT2D eigenvalue weighted by molar-refractivity contribution is 0.590. The van der Waals surface area contributed by atoms with E-state index in [9.17, 15) is 5.26 Å². The van der Waals surface area contributed by atoms with E-state index in [2.05, 4.69) is 474 Å². The van der Waals surface area contributed by atoms with Crippen molar-refractivity contribution in [3.8, 4) is 73.6 Å². The summed E-state index contributed by atoms with van der Waals surface area (Å²) >= 11 is 0. The van der Waals surface area contributed by atoms with Crippen LogP contribution in [0.3, 0.4) is 0 Å². The van der Waals surface area contributed by atoms with E-state index in [0.717, 1.165) is 160 Å². The van der Waals surface area contributed by atoms with Gasteiger partial charge in [0.1, 0.15) is 0 Å². The van der Waals surface area contributed by atoms with E-state index in [1.165, 1.54) is 65.7 Å². The Morgan fingerprint density at radius 2 is 0.473 bits per heavy atom. The maximum absolute atomic E-state index is 10.6. The van der Waals surface area contributed by atoms with Crippen molar-refractivity contribution in [2.45, 2.75) is 157 Å². The molecule has 0 aliphatic rings. The molecule has 0 saturated heterocycles. The summed E-state index contributed by atoms with van der Waals surface area (Å²) in [7, 11) is 0. The highest BCUT2D eigenvalue weighted by molar-refractivity contribution is 6.24. The number of hydrogen-bond donors (Lipinski definition) is 0. The van der Waals surface area contributed by atoms with E-state index < -0.39 is 0 Å². The fourth-order valence-corrected chi connectivity index (χ4v) is 22.5. The first-order valence-electron chi connectivity index (χ1n) is 51.3. The average Bonchev–Trinajstić information content (AvgIpc) is 1.55. The number of aromatic nitrogens is 6. The monoisotopic (exact) mass is 1940 g/mol. The zero-order chi connectivity index (χ0) is 105. The second-order valence-corrected chi connectivity index (χ2v) is 45.8. The number of rotatable bonds is 9. The Labute approximate surface area is 876 Å². The molecule has 726 valence electrons. The molecule has 0 radical (unpaired) electrons. The van der Waals surface area contributed by atoms with E-state index >= 15 is 0 Å². The molecule has 150 heavy (non-hydrogen) atoms. The van der Waals surface area contributed by atoms with E-state index in [1.807, 2.05) is 60.7 Å². The summed E-state index contributed by atoms with van der Waals surface area (Å²) in [6.45, 7) is 80.6. The normalized spacial score (nSPS) is 12.2. The average molecular weight is 1940 g/mol. The quantitative estimate of drug-likeness (QED) is 0.133. The molecular weight excluding hydrogens is 1830 g/mol. The lowest BCUT2D eigenvalue weighted by atomic mass is 9.85. The van der Waals surface area contributed by atoms with Gasteiger partial charge in [-0.15, -0.1) is 0 Å². The minimum atomic E-state index is -0.0240.